The molecule has 0 spiro atoms. The van der Waals surface area contributed by atoms with Crippen LogP contribution in [0, 0.1) is 11.3 Å². The lowest BCUT2D eigenvalue weighted by molar-refractivity contribution is 0.00578. The van der Waals surface area contributed by atoms with Crippen LogP contribution in [0.4, 0.5) is 0 Å². The number of aliphatic imine (C=N–C) groups is 1. The van der Waals surface area contributed by atoms with Gasteiger partial charge < -0.3 is 14.1 Å². The summed E-state index contributed by atoms with van der Waals surface area (Å²) in [5.74, 6) is 0.621. The van der Waals surface area contributed by atoms with Crippen molar-refractivity contribution in [2.24, 2.45) is 16.3 Å². The number of hydroxylamine groups is 1. The molecule has 0 radical (unpaired) electrons. The molecule has 5 nitrogen and oxygen atoms in total. The molecule has 0 bridgehead atoms. The summed E-state index contributed by atoms with van der Waals surface area (Å²) in [5.41, 5.74) is 5.51. The van der Waals surface area contributed by atoms with E-state index in [1.807, 2.05) is 6.07 Å². The maximum Gasteiger partial charge on any atom is 0.494 e. The first-order valence-corrected chi connectivity index (χ1v) is 11.1. The quantitative estimate of drug-likeness (QED) is 0.759. The largest absolute Gasteiger partial charge is 0.494 e. The summed E-state index contributed by atoms with van der Waals surface area (Å²) in [7, 11) is -0.341. The molecule has 1 N–H and O–H groups in total. The maximum atomic E-state index is 6.22. The van der Waals surface area contributed by atoms with Crippen molar-refractivity contribution in [1.82, 2.24) is 5.48 Å². The first-order chi connectivity index (χ1) is 14.6. The highest BCUT2D eigenvalue weighted by molar-refractivity contribution is 6.62. The minimum Gasteiger partial charge on any atom is -0.399 e. The van der Waals surface area contributed by atoms with E-state index in [-0.39, 0.29) is 29.7 Å². The lowest BCUT2D eigenvalue weighted by Gasteiger charge is -2.32. The number of benzene rings is 2. The standard InChI is InChI=1S/C25H31BN2O3/c1-22(2)20(21(22)25(27-16-29-28-25)18-10-8-7-9-11-18)17-12-14-19(15-13-17)26-30-23(3,4)24(5,6)31-26/h7-16,20-21,28H,1-6H3. The van der Waals surface area contributed by atoms with E-state index in [1.54, 1.807) is 0 Å². The number of nitrogens with zero attached hydrogens (tertiary/aromatic N) is 1. The van der Waals surface area contributed by atoms with Crippen LogP contribution < -0.4 is 10.9 Å². The lowest BCUT2D eigenvalue weighted by Crippen LogP contribution is -2.41. The average molecular weight is 418 g/mol. The predicted molar refractivity (Wildman–Crippen MR) is 123 cm³/mol. The Morgan fingerprint density at radius 3 is 2.00 bits per heavy atom. The van der Waals surface area contributed by atoms with Gasteiger partial charge in [-0.25, -0.2) is 4.99 Å². The lowest BCUT2D eigenvalue weighted by atomic mass is 9.78. The average Bonchev–Trinajstić information content (AvgIpc) is 3.03. The minimum absolute atomic E-state index is 0.0692. The Labute approximate surface area is 185 Å². The highest BCUT2D eigenvalue weighted by Gasteiger charge is 2.69. The normalized spacial score (nSPS) is 32.1. The summed E-state index contributed by atoms with van der Waals surface area (Å²) in [6, 6.07) is 19.1. The molecule has 3 aliphatic rings. The molecule has 1 saturated carbocycles. The first-order valence-electron chi connectivity index (χ1n) is 11.1. The summed E-state index contributed by atoms with van der Waals surface area (Å²) >= 11 is 0. The molecule has 1 saturated heterocycles. The van der Waals surface area contributed by atoms with Crippen molar-refractivity contribution in [2.45, 2.75) is 64.3 Å². The van der Waals surface area contributed by atoms with Crippen LogP contribution in [0.25, 0.3) is 0 Å². The zero-order valence-electron chi connectivity index (χ0n) is 19.2. The van der Waals surface area contributed by atoms with E-state index in [0.29, 0.717) is 5.92 Å². The first kappa shape index (κ1) is 20.7. The maximum absolute atomic E-state index is 6.22. The predicted octanol–water partition coefficient (Wildman–Crippen LogP) is 4.14. The van der Waals surface area contributed by atoms with Crippen molar-refractivity contribution < 1.29 is 14.1 Å². The van der Waals surface area contributed by atoms with Crippen LogP contribution in [0.1, 0.15) is 58.6 Å². The van der Waals surface area contributed by atoms with Crippen molar-refractivity contribution in [1.29, 1.82) is 0 Å². The Hall–Kier alpha value is -2.15. The summed E-state index contributed by atoms with van der Waals surface area (Å²) in [4.78, 5) is 10.2. The highest BCUT2D eigenvalue weighted by atomic mass is 16.7. The zero-order valence-corrected chi connectivity index (χ0v) is 19.2. The smallest absolute Gasteiger partial charge is 0.399 e. The molecule has 2 aliphatic heterocycles. The second kappa shape index (κ2) is 6.68. The van der Waals surface area contributed by atoms with E-state index >= 15 is 0 Å². The number of nitrogens with one attached hydrogen (secondary N) is 1. The van der Waals surface area contributed by atoms with E-state index in [0.717, 1.165) is 11.0 Å². The Bertz CT molecular complexity index is 987. The third kappa shape index (κ3) is 3.07. The van der Waals surface area contributed by atoms with Crippen LogP contribution in [0.5, 0.6) is 0 Å². The fourth-order valence-electron chi connectivity index (χ4n) is 5.28. The second-order valence-electron chi connectivity index (χ2n) is 10.6. The second-order valence-corrected chi connectivity index (χ2v) is 10.6. The van der Waals surface area contributed by atoms with Crippen LogP contribution in [-0.4, -0.2) is 24.7 Å². The van der Waals surface area contributed by atoms with Gasteiger partial charge in [0.05, 0.1) is 11.2 Å². The molecule has 0 aromatic heterocycles. The summed E-state index contributed by atoms with van der Waals surface area (Å²) < 4.78 is 12.4. The third-order valence-corrected chi connectivity index (χ3v) is 7.84. The molecular weight excluding hydrogens is 387 g/mol. The third-order valence-electron chi connectivity index (χ3n) is 7.84. The summed E-state index contributed by atoms with van der Waals surface area (Å²) in [6.07, 6.45) is 1.53. The molecule has 162 valence electrons. The number of hydrogen-bond donors (Lipinski definition) is 1. The van der Waals surface area contributed by atoms with Crippen molar-refractivity contribution in [3.05, 3.63) is 65.7 Å². The molecular formula is C25H31BN2O3. The Kier molecular flexibility index (Phi) is 4.47. The van der Waals surface area contributed by atoms with Gasteiger partial charge in [0.25, 0.3) is 0 Å². The van der Waals surface area contributed by atoms with E-state index in [9.17, 15) is 0 Å². The Morgan fingerprint density at radius 1 is 0.839 bits per heavy atom. The van der Waals surface area contributed by atoms with Crippen LogP contribution in [0.3, 0.4) is 0 Å². The highest BCUT2D eigenvalue weighted by Crippen LogP contribution is 2.70. The topological polar surface area (TPSA) is 52.1 Å². The molecule has 6 heteroatoms. The van der Waals surface area contributed by atoms with Crippen LogP contribution in [-0.2, 0) is 19.8 Å². The van der Waals surface area contributed by atoms with Crippen molar-refractivity contribution in [3.63, 3.8) is 0 Å². The molecule has 2 aromatic carbocycles. The van der Waals surface area contributed by atoms with E-state index in [2.05, 4.69) is 95.6 Å². The van der Waals surface area contributed by atoms with Gasteiger partial charge >= 0.3 is 7.12 Å². The molecule has 1 aliphatic carbocycles. The molecule has 31 heavy (non-hydrogen) atoms. The molecule has 5 rings (SSSR count). The number of rotatable bonds is 4. The van der Waals surface area contributed by atoms with Crippen molar-refractivity contribution in [3.8, 4) is 0 Å². The monoisotopic (exact) mass is 418 g/mol. The minimum atomic E-state index is -0.570. The van der Waals surface area contributed by atoms with Gasteiger partial charge in [0.15, 0.2) is 12.1 Å². The molecule has 0 amide bonds. The molecule has 3 unspecified atom stereocenters. The Morgan fingerprint density at radius 2 is 1.45 bits per heavy atom. The van der Waals surface area contributed by atoms with Crippen LogP contribution in [0.2, 0.25) is 0 Å². The van der Waals surface area contributed by atoms with Gasteiger partial charge in [0, 0.05) is 5.92 Å². The SMILES string of the molecule is CC1(C)C(c2ccc(B3OC(C)(C)C(C)(C)O3)cc2)C1C1(c2ccccc2)N=CON1. The molecule has 2 aromatic rings. The van der Waals surface area contributed by atoms with Crippen LogP contribution >= 0.6 is 0 Å². The molecule has 2 fully saturated rings. The van der Waals surface area contributed by atoms with E-state index in [1.165, 1.54) is 12.0 Å². The van der Waals surface area contributed by atoms with Crippen molar-refractivity contribution in [2.75, 3.05) is 0 Å². The Balaban J connectivity index is 1.42. The van der Waals surface area contributed by atoms with E-state index < -0.39 is 5.66 Å². The van der Waals surface area contributed by atoms with Gasteiger partial charge in [-0.3, -0.25) is 0 Å². The van der Waals surface area contributed by atoms with Gasteiger partial charge in [-0.2, -0.15) is 0 Å². The van der Waals surface area contributed by atoms with Gasteiger partial charge in [0.1, 0.15) is 0 Å². The van der Waals surface area contributed by atoms with Gasteiger partial charge in [-0.05, 0) is 55.6 Å². The van der Waals surface area contributed by atoms with Gasteiger partial charge in [-0.15, -0.1) is 5.48 Å². The zero-order chi connectivity index (χ0) is 22.1. The van der Waals surface area contributed by atoms with Crippen molar-refractivity contribution >= 4 is 19.0 Å². The molecule has 3 atom stereocenters. The summed E-state index contributed by atoms with van der Waals surface area (Å²) in [5, 5.41) is 0. The fraction of sp³-hybridized carbons (Fsp3) is 0.480. The fourth-order valence-corrected chi connectivity index (χ4v) is 5.28. The van der Waals surface area contributed by atoms with E-state index in [4.69, 9.17) is 19.1 Å². The summed E-state index contributed by atoms with van der Waals surface area (Å²) in [6.45, 7) is 12.9. The van der Waals surface area contributed by atoms with Gasteiger partial charge in [0.2, 0.25) is 0 Å². The molecule has 2 heterocycles. The number of hydrogen-bond acceptors (Lipinski definition) is 5. The van der Waals surface area contributed by atoms with Crippen LogP contribution in [0.15, 0.2) is 59.6 Å². The van der Waals surface area contributed by atoms with Gasteiger partial charge in [-0.1, -0.05) is 68.4 Å².